The molecule has 0 fully saturated rings. The summed E-state index contributed by atoms with van der Waals surface area (Å²) in [5.41, 5.74) is 0. The molecule has 0 rings (SSSR count). The zero-order valence-electron chi connectivity index (χ0n) is 1.65. The van der Waals surface area contributed by atoms with E-state index >= 15 is 0 Å². The van der Waals surface area contributed by atoms with Crippen LogP contribution in [0.4, 0.5) is 0 Å². The minimum absolute atomic E-state index is 0. The first-order valence-electron chi connectivity index (χ1n) is 0. The molecule has 0 heterocycles. The summed E-state index contributed by atoms with van der Waals surface area (Å²) in [6, 6.07) is 0. The second kappa shape index (κ2) is 19.8. The third-order valence-electron chi connectivity index (χ3n) is 0. The van der Waals surface area contributed by atoms with Gasteiger partial charge in [0.2, 0.25) is 0 Å². The van der Waals surface area contributed by atoms with Gasteiger partial charge in [0.25, 0.3) is 0 Å². The summed E-state index contributed by atoms with van der Waals surface area (Å²) in [4.78, 5) is 0. The predicted molar refractivity (Wildman–Crippen MR) is 21.4 cm³/mol. The van der Waals surface area contributed by atoms with Crippen LogP contribution in [0.3, 0.4) is 0 Å². The fourth-order valence-electron chi connectivity index (χ4n) is 0. The van der Waals surface area contributed by atoms with Gasteiger partial charge in [-0.25, -0.2) is 0 Å². The maximum atomic E-state index is 0. The van der Waals surface area contributed by atoms with Gasteiger partial charge in [-0.2, -0.15) is 0 Å². The van der Waals surface area contributed by atoms with E-state index in [9.17, 15) is 0 Å². The molecule has 0 unspecified atom stereocenters. The zero-order chi connectivity index (χ0) is 0. The van der Waals surface area contributed by atoms with E-state index in [1.54, 1.807) is 0 Å². The molecule has 0 aliphatic rings. The largest absolute Gasteiger partial charge is 0.187 e. The number of hydrogen-bond acceptors (Lipinski definition) is 0. The second-order valence-electron chi connectivity index (χ2n) is 0. The molecule has 0 aromatic carbocycles. The average Bonchev–Trinajstić information content (AvgIpc) is 0. The van der Waals surface area contributed by atoms with Crippen LogP contribution in [0, 0.1) is 41.7 Å². The zero-order valence-corrected chi connectivity index (χ0v) is 4.79. The Kier molecular flexibility index (Phi) is 182. The predicted octanol–water partition coefficient (Wildman–Crippen LogP) is -1.95. The first kappa shape index (κ1) is 36.9. The topological polar surface area (TPSA) is 0 Å². The first-order valence-corrected chi connectivity index (χ1v) is 0. The van der Waals surface area contributed by atoms with Crippen molar-refractivity contribution in [3.05, 3.63) is 0 Å². The van der Waals surface area contributed by atoms with Gasteiger partial charge in [-0.15, -0.1) is 0 Å². The quantitative estimate of drug-likeness (QED) is 0.391. The van der Waals surface area contributed by atoms with Crippen LogP contribution in [0.15, 0.2) is 0 Å². The van der Waals surface area contributed by atoms with Crippen LogP contribution in [0.25, 0.3) is 0 Å². The molecule has 0 aliphatic heterocycles. The van der Waals surface area contributed by atoms with E-state index in [2.05, 4.69) is 0 Å². The Morgan fingerprint density at radius 2 is 0.750 bits per heavy atom. The minimum atomic E-state index is 0. The van der Waals surface area contributed by atoms with Crippen LogP contribution < -0.4 is 0 Å². The third kappa shape index (κ3) is 8.97. The van der Waals surface area contributed by atoms with Crippen molar-refractivity contribution in [2.24, 2.45) is 0 Å². The Morgan fingerprint density at radius 3 is 0.750 bits per heavy atom. The van der Waals surface area contributed by atoms with E-state index < -0.39 is 0 Å². The van der Waals surface area contributed by atoms with Crippen LogP contribution >= 0.6 is 0 Å². The smallest absolute Gasteiger partial charge is 0 e. The van der Waals surface area contributed by atoms with E-state index in [1.165, 1.54) is 0 Å². The summed E-state index contributed by atoms with van der Waals surface area (Å²) < 4.78 is 0. The second-order valence-corrected chi connectivity index (χ2v) is 0. The molecular weight excluding hydrogens is 189 g/mol. The summed E-state index contributed by atoms with van der Waals surface area (Å²) in [6.45, 7) is 0. The number of rotatable bonds is 0. The van der Waals surface area contributed by atoms with Gasteiger partial charge in [0.15, 0.2) is 17.4 Å². The Morgan fingerprint density at radius 1 is 0.750 bits per heavy atom. The van der Waals surface area contributed by atoms with E-state index in [0.717, 1.165) is 0 Å². The maximum absolute atomic E-state index is 0. The van der Waals surface area contributed by atoms with Gasteiger partial charge in [0.05, 0.1) is 0 Å². The van der Waals surface area contributed by atoms with Crippen molar-refractivity contribution in [3.63, 3.8) is 0 Å². The van der Waals surface area contributed by atoms with Crippen molar-refractivity contribution in [1.82, 2.24) is 0 Å². The van der Waals surface area contributed by atoms with Crippen LogP contribution in [0.2, 0.25) is 0 Å². The summed E-state index contributed by atoms with van der Waals surface area (Å²) >= 11 is 0. The maximum Gasteiger partial charge on any atom is 0.187 e. The molecule has 0 saturated heterocycles. The molecule has 6 radical (unpaired) electrons. The Bertz CT molecular complexity index is 6.00. The van der Waals surface area contributed by atoms with Gasteiger partial charge in [0, 0.05) is 58.6 Å². The van der Waals surface area contributed by atoms with Crippen molar-refractivity contribution in [1.29, 1.82) is 0 Å². The van der Waals surface area contributed by atoms with Gasteiger partial charge in [0.1, 0.15) is 0 Å². The minimum Gasteiger partial charge on any atom is 0 e. The molecule has 0 amide bonds. The van der Waals surface area contributed by atoms with Crippen molar-refractivity contribution in [3.8, 4) is 0 Å². The fraction of sp³-hybridized carbons (Fsp3) is 0. The molecule has 0 bridgehead atoms. The standard InChI is InChI=1S/Al.2B.Ce.3H. The number of hydrogen-bond donors (Lipinski definition) is 0. The van der Waals surface area contributed by atoms with Crippen molar-refractivity contribution < 1.29 is 41.7 Å². The SMILES string of the molecule is [AlH3].[B].[B].[Ce]. The Balaban J connectivity index is 0. The molecule has 16 valence electrons. The van der Waals surface area contributed by atoms with Crippen molar-refractivity contribution in [2.75, 3.05) is 0 Å². The summed E-state index contributed by atoms with van der Waals surface area (Å²) in [5.74, 6) is 0. The summed E-state index contributed by atoms with van der Waals surface area (Å²) in [5, 5.41) is 0. The van der Waals surface area contributed by atoms with Crippen molar-refractivity contribution in [2.45, 2.75) is 0 Å². The molecule has 0 saturated carbocycles. The van der Waals surface area contributed by atoms with E-state index in [4.69, 9.17) is 0 Å². The molecule has 0 atom stereocenters. The van der Waals surface area contributed by atoms with Crippen molar-refractivity contribution >= 4 is 34.2 Å². The normalized spacial score (nSPS) is 0. The van der Waals surface area contributed by atoms with Gasteiger partial charge in [-0.3, -0.25) is 0 Å². The summed E-state index contributed by atoms with van der Waals surface area (Å²) in [7, 11) is 0. The van der Waals surface area contributed by atoms with Crippen LogP contribution in [-0.2, 0) is 0 Å². The molecule has 0 spiro atoms. The van der Waals surface area contributed by atoms with E-state index in [1.807, 2.05) is 0 Å². The Labute approximate surface area is 74.8 Å². The molecule has 4 heteroatoms. The van der Waals surface area contributed by atoms with E-state index in [0.29, 0.717) is 0 Å². The van der Waals surface area contributed by atoms with Gasteiger partial charge >= 0.3 is 0 Å². The summed E-state index contributed by atoms with van der Waals surface area (Å²) in [6.07, 6.45) is 0. The first-order chi connectivity index (χ1) is 0. The molecular formula is H3AlB2Ce. The van der Waals surface area contributed by atoms with Crippen LogP contribution in [0.5, 0.6) is 0 Å². The van der Waals surface area contributed by atoms with Gasteiger partial charge < -0.3 is 0 Å². The van der Waals surface area contributed by atoms with Crippen LogP contribution in [-0.4, -0.2) is 34.2 Å². The fourth-order valence-corrected chi connectivity index (χ4v) is 0. The molecule has 0 nitrogen and oxygen atoms in total. The van der Waals surface area contributed by atoms with E-state index in [-0.39, 0.29) is 75.9 Å². The molecule has 4 heavy (non-hydrogen) atoms. The molecule has 0 aromatic heterocycles. The third-order valence-corrected chi connectivity index (χ3v) is 0. The van der Waals surface area contributed by atoms with Crippen LogP contribution in [0.1, 0.15) is 0 Å². The molecule has 0 aromatic rings. The molecule has 0 N–H and O–H groups in total. The van der Waals surface area contributed by atoms with Gasteiger partial charge in [-0.05, 0) is 0 Å². The molecule has 0 aliphatic carbocycles. The average molecular weight is 192 g/mol. The monoisotopic (exact) mass is 192 g/mol. The van der Waals surface area contributed by atoms with Gasteiger partial charge in [-0.1, -0.05) is 0 Å². The Hall–Kier alpha value is 2.04.